The molecule has 11 heteroatoms. The Hall–Kier alpha value is -9.91. The van der Waals surface area contributed by atoms with Gasteiger partial charge < -0.3 is 9.13 Å². The molecule has 8 aromatic carbocycles. The van der Waals surface area contributed by atoms with Crippen LogP contribution in [0.1, 0.15) is 38.9 Å². The third-order valence-electron chi connectivity index (χ3n) is 11.8. The minimum absolute atomic E-state index is 0.0124. The number of rotatable bonds is 5. The Morgan fingerprint density at radius 1 is 0.364 bits per heavy atom. The van der Waals surface area contributed by atoms with Crippen molar-refractivity contribution in [3.8, 4) is 81.2 Å². The maximum atomic E-state index is 14.8. The molecular weight excluding hydrogens is 830 g/mol. The molecule has 0 saturated heterocycles. The molecule has 0 bridgehead atoms. The molecule has 0 atom stereocenters. The standard InChI is InChI=1S/C55H25F3N8/c56-55(57,58)42-12-9-39(31-64)45(25-42)54-52(65-48-7-3-1-5-43(48)46-23-37(10-13-50(46)65)40-17-32(26-59)15-33(18-40)27-60)21-36(30-63)22-53(54)66-49-8-4-2-6-44(49)47-24-38(11-14-51(47)66)41-19-34(28-61)16-35(20-41)29-62/h1-25H. The maximum Gasteiger partial charge on any atom is 0.416 e. The molecule has 0 aliphatic carbocycles. The van der Waals surface area contributed by atoms with Crippen molar-refractivity contribution >= 4 is 43.6 Å². The van der Waals surface area contributed by atoms with Crippen LogP contribution in [0.25, 0.3) is 88.4 Å². The van der Waals surface area contributed by atoms with E-state index in [-0.39, 0.29) is 22.3 Å². The molecule has 0 unspecified atom stereocenters. The van der Waals surface area contributed by atoms with Gasteiger partial charge in [-0.15, -0.1) is 0 Å². The van der Waals surface area contributed by atoms with Gasteiger partial charge in [-0.25, -0.2) is 0 Å². The molecule has 8 nitrogen and oxygen atoms in total. The molecule has 0 N–H and O–H groups in total. The quantitative estimate of drug-likeness (QED) is 0.168. The minimum atomic E-state index is -4.77. The second-order valence-corrected chi connectivity index (χ2v) is 15.6. The minimum Gasteiger partial charge on any atom is -0.308 e. The van der Waals surface area contributed by atoms with Gasteiger partial charge in [0.1, 0.15) is 0 Å². The summed E-state index contributed by atoms with van der Waals surface area (Å²) < 4.78 is 48.1. The van der Waals surface area contributed by atoms with E-state index < -0.39 is 11.7 Å². The highest BCUT2D eigenvalue weighted by Crippen LogP contribution is 2.46. The summed E-state index contributed by atoms with van der Waals surface area (Å²) in [5.41, 5.74) is 6.62. The first-order chi connectivity index (χ1) is 32.0. The maximum absolute atomic E-state index is 14.8. The van der Waals surface area contributed by atoms with Gasteiger partial charge >= 0.3 is 6.18 Å². The van der Waals surface area contributed by atoms with E-state index in [1.54, 1.807) is 36.4 Å². The molecule has 0 aliphatic heterocycles. The summed E-state index contributed by atoms with van der Waals surface area (Å²) in [4.78, 5) is 0. The summed E-state index contributed by atoms with van der Waals surface area (Å²) in [6, 6.07) is 55.2. The lowest BCUT2D eigenvalue weighted by atomic mass is 9.93. The van der Waals surface area contributed by atoms with Crippen molar-refractivity contribution in [1.29, 1.82) is 31.6 Å². The van der Waals surface area contributed by atoms with Crippen LogP contribution < -0.4 is 0 Å². The van der Waals surface area contributed by atoms with E-state index in [1.165, 1.54) is 12.1 Å². The zero-order valence-corrected chi connectivity index (χ0v) is 34.1. The number of nitrogens with zero attached hydrogens (tertiary/aromatic N) is 8. The number of para-hydroxylation sites is 2. The van der Waals surface area contributed by atoms with Gasteiger partial charge in [0.15, 0.2) is 0 Å². The highest BCUT2D eigenvalue weighted by atomic mass is 19.4. The lowest BCUT2D eigenvalue weighted by molar-refractivity contribution is -0.137. The summed E-state index contributed by atoms with van der Waals surface area (Å²) in [7, 11) is 0. The normalized spacial score (nSPS) is 11.2. The van der Waals surface area contributed by atoms with E-state index in [4.69, 9.17) is 0 Å². The summed E-state index contributed by atoms with van der Waals surface area (Å²) in [5, 5.41) is 63.5. The van der Waals surface area contributed by atoms with Gasteiger partial charge in [0.05, 0.1) is 109 Å². The highest BCUT2D eigenvalue weighted by Gasteiger charge is 2.33. The highest BCUT2D eigenvalue weighted by molar-refractivity contribution is 6.13. The van der Waals surface area contributed by atoms with Gasteiger partial charge in [-0.3, -0.25) is 0 Å². The number of hydrogen-bond acceptors (Lipinski definition) is 6. The van der Waals surface area contributed by atoms with Gasteiger partial charge in [-0.1, -0.05) is 48.5 Å². The smallest absolute Gasteiger partial charge is 0.308 e. The Kier molecular flexibility index (Phi) is 9.41. The number of nitriles is 6. The van der Waals surface area contributed by atoms with Crippen LogP contribution in [0.2, 0.25) is 0 Å². The van der Waals surface area contributed by atoms with Crippen LogP contribution in [0.15, 0.2) is 152 Å². The van der Waals surface area contributed by atoms with E-state index in [0.29, 0.717) is 77.9 Å². The number of aromatic nitrogens is 2. The van der Waals surface area contributed by atoms with Gasteiger partial charge in [0.25, 0.3) is 0 Å². The molecule has 10 aromatic rings. The van der Waals surface area contributed by atoms with Crippen LogP contribution in [-0.2, 0) is 6.18 Å². The van der Waals surface area contributed by atoms with E-state index in [9.17, 15) is 44.7 Å². The Morgan fingerprint density at radius 2 is 0.773 bits per heavy atom. The molecule has 0 aliphatic rings. The second kappa shape index (κ2) is 15.5. The first kappa shape index (κ1) is 40.2. The first-order valence-electron chi connectivity index (χ1n) is 20.2. The predicted molar refractivity (Wildman–Crippen MR) is 245 cm³/mol. The van der Waals surface area contributed by atoms with Crippen molar-refractivity contribution in [3.05, 3.63) is 191 Å². The third kappa shape index (κ3) is 6.51. The molecule has 0 fully saturated rings. The number of hydrogen-bond donors (Lipinski definition) is 0. The average molecular weight is 855 g/mol. The Labute approximate surface area is 374 Å². The lowest BCUT2D eigenvalue weighted by Crippen LogP contribution is -2.08. The monoisotopic (exact) mass is 854 g/mol. The van der Waals surface area contributed by atoms with Crippen molar-refractivity contribution in [2.45, 2.75) is 6.18 Å². The van der Waals surface area contributed by atoms with Gasteiger partial charge in [-0.05, 0) is 125 Å². The fraction of sp³-hybridized carbons (Fsp3) is 0.0182. The van der Waals surface area contributed by atoms with E-state index in [1.807, 2.05) is 94.1 Å². The molecule has 0 radical (unpaired) electrons. The predicted octanol–water partition coefficient (Wildman–Crippen LogP) is 13.1. The molecule has 2 heterocycles. The van der Waals surface area contributed by atoms with Gasteiger partial charge in [0.2, 0.25) is 0 Å². The van der Waals surface area contributed by atoms with Crippen molar-refractivity contribution in [2.75, 3.05) is 0 Å². The van der Waals surface area contributed by atoms with E-state index in [2.05, 4.69) is 36.4 Å². The number of fused-ring (bicyclic) bond motifs is 6. The molecule has 0 amide bonds. The molecule has 0 saturated carbocycles. The van der Waals surface area contributed by atoms with Gasteiger partial charge in [-0.2, -0.15) is 44.7 Å². The summed E-state index contributed by atoms with van der Waals surface area (Å²) in [5.74, 6) is 0. The van der Waals surface area contributed by atoms with Crippen LogP contribution in [0.5, 0.6) is 0 Å². The molecule has 0 spiro atoms. The number of benzene rings is 8. The SMILES string of the molecule is N#Cc1cc(C#N)cc(-c2ccc3c(c2)c2ccccc2n3-c2cc(C#N)cc(-n3c4ccccc4c4cc(-c5cc(C#N)cc(C#N)c5)ccc43)c2-c2cc(C(F)(F)F)ccc2C#N)c1. The Bertz CT molecular complexity index is 3740. The molecule has 10 rings (SSSR count). The van der Waals surface area contributed by atoms with E-state index in [0.717, 1.165) is 39.7 Å². The Morgan fingerprint density at radius 3 is 1.18 bits per heavy atom. The largest absolute Gasteiger partial charge is 0.416 e. The Balaban J connectivity index is 1.34. The molecular formula is C55H25F3N8. The third-order valence-corrected chi connectivity index (χ3v) is 11.8. The van der Waals surface area contributed by atoms with Crippen molar-refractivity contribution in [2.24, 2.45) is 0 Å². The van der Waals surface area contributed by atoms with Crippen molar-refractivity contribution in [3.63, 3.8) is 0 Å². The molecule has 66 heavy (non-hydrogen) atoms. The van der Waals surface area contributed by atoms with Crippen LogP contribution in [0.4, 0.5) is 13.2 Å². The van der Waals surface area contributed by atoms with Crippen molar-refractivity contribution < 1.29 is 13.2 Å². The fourth-order valence-electron chi connectivity index (χ4n) is 9.00. The lowest BCUT2D eigenvalue weighted by Gasteiger charge is -2.22. The summed E-state index contributed by atoms with van der Waals surface area (Å²) >= 11 is 0. The number of alkyl halides is 3. The van der Waals surface area contributed by atoms with E-state index >= 15 is 0 Å². The second-order valence-electron chi connectivity index (χ2n) is 15.6. The van der Waals surface area contributed by atoms with Crippen LogP contribution >= 0.6 is 0 Å². The van der Waals surface area contributed by atoms with Crippen LogP contribution in [0.3, 0.4) is 0 Å². The van der Waals surface area contributed by atoms with Crippen LogP contribution in [-0.4, -0.2) is 9.13 Å². The summed E-state index contributed by atoms with van der Waals surface area (Å²) in [6.45, 7) is 0. The topological polar surface area (TPSA) is 153 Å². The van der Waals surface area contributed by atoms with Crippen molar-refractivity contribution in [1.82, 2.24) is 9.13 Å². The molecule has 306 valence electrons. The fourth-order valence-corrected chi connectivity index (χ4v) is 9.00. The molecule has 2 aromatic heterocycles. The number of halogens is 3. The van der Waals surface area contributed by atoms with Crippen LogP contribution in [0, 0.1) is 68.0 Å². The zero-order chi connectivity index (χ0) is 45.9. The first-order valence-corrected chi connectivity index (χ1v) is 20.2. The zero-order valence-electron chi connectivity index (χ0n) is 34.1. The average Bonchev–Trinajstić information content (AvgIpc) is 3.87. The summed E-state index contributed by atoms with van der Waals surface area (Å²) in [6.07, 6.45) is -4.77. The van der Waals surface area contributed by atoms with Gasteiger partial charge in [0, 0.05) is 32.7 Å².